The normalized spacial score (nSPS) is 11.5. The monoisotopic (exact) mass is 321 g/mol. The van der Waals surface area contributed by atoms with Crippen LogP contribution in [0.2, 0.25) is 0 Å². The van der Waals surface area contributed by atoms with E-state index in [1.165, 1.54) is 18.2 Å². The average Bonchev–Trinajstić information content (AvgIpc) is 2.39. The molecule has 0 heterocycles. The Hall–Kier alpha value is -2.01. The summed E-state index contributed by atoms with van der Waals surface area (Å²) in [6.45, 7) is 0. The van der Waals surface area contributed by atoms with E-state index in [0.29, 0.717) is 17.7 Å². The fraction of sp³-hybridized carbons (Fsp3) is 0.0714. The van der Waals surface area contributed by atoms with E-state index in [9.17, 15) is 10.2 Å². The molecule has 0 unspecified atom stereocenters. The molecule has 4 nitrogen and oxygen atoms in total. The Bertz CT molecular complexity index is 609. The molecule has 0 amide bonds. The summed E-state index contributed by atoms with van der Waals surface area (Å²) in [5.74, 6) is -0.160. The van der Waals surface area contributed by atoms with Crippen LogP contribution in [-0.2, 0) is 6.42 Å². The highest BCUT2D eigenvalue weighted by Gasteiger charge is 2.11. The maximum absolute atomic E-state index is 9.76. The molecule has 3 N–H and O–H groups in total. The summed E-state index contributed by atoms with van der Waals surface area (Å²) in [6, 6.07) is 11.7. The standard InChI is InChI=1S/C14H12BrNO3/c15-10-3-1-9(2-4-10)7-13(16-19)12-6-5-11(17)8-14(12)18/h1-6,8,17-19H,7H2/b16-13+. The fourth-order valence-corrected chi connectivity index (χ4v) is 2.01. The third-order valence-corrected chi connectivity index (χ3v) is 3.23. The second kappa shape index (κ2) is 5.75. The van der Waals surface area contributed by atoms with Gasteiger partial charge in [-0.25, -0.2) is 0 Å². The number of oxime groups is 1. The summed E-state index contributed by atoms with van der Waals surface area (Å²) in [5.41, 5.74) is 1.67. The number of benzene rings is 2. The van der Waals surface area contributed by atoms with Gasteiger partial charge in [0.2, 0.25) is 0 Å². The first-order valence-electron chi connectivity index (χ1n) is 5.58. The van der Waals surface area contributed by atoms with Gasteiger partial charge in [-0.05, 0) is 29.8 Å². The van der Waals surface area contributed by atoms with Crippen molar-refractivity contribution >= 4 is 21.6 Å². The molecule has 0 radical (unpaired) electrons. The van der Waals surface area contributed by atoms with Gasteiger partial charge in [-0.2, -0.15) is 0 Å². The molecule has 0 atom stereocenters. The lowest BCUT2D eigenvalue weighted by molar-refractivity contribution is 0.318. The number of hydrogen-bond acceptors (Lipinski definition) is 4. The fourth-order valence-electron chi connectivity index (χ4n) is 1.74. The topological polar surface area (TPSA) is 73.1 Å². The highest BCUT2D eigenvalue weighted by atomic mass is 79.9. The van der Waals surface area contributed by atoms with E-state index in [-0.39, 0.29) is 11.5 Å². The second-order valence-electron chi connectivity index (χ2n) is 4.05. The zero-order valence-corrected chi connectivity index (χ0v) is 11.5. The van der Waals surface area contributed by atoms with Crippen LogP contribution in [0, 0.1) is 0 Å². The minimum atomic E-state index is -0.120. The number of rotatable bonds is 3. The summed E-state index contributed by atoms with van der Waals surface area (Å²) in [6.07, 6.45) is 0.377. The molecule has 0 fully saturated rings. The van der Waals surface area contributed by atoms with Crippen molar-refractivity contribution in [2.45, 2.75) is 6.42 Å². The van der Waals surface area contributed by atoms with E-state index in [0.717, 1.165) is 10.0 Å². The van der Waals surface area contributed by atoms with E-state index in [4.69, 9.17) is 5.21 Å². The Kier molecular flexibility index (Phi) is 4.06. The number of hydrogen-bond donors (Lipinski definition) is 3. The molecule has 0 saturated carbocycles. The van der Waals surface area contributed by atoms with E-state index in [1.54, 1.807) is 0 Å². The van der Waals surface area contributed by atoms with Crippen molar-refractivity contribution in [1.29, 1.82) is 0 Å². The third-order valence-electron chi connectivity index (χ3n) is 2.70. The molecule has 0 aliphatic carbocycles. The van der Waals surface area contributed by atoms with Crippen molar-refractivity contribution in [2.24, 2.45) is 5.16 Å². The summed E-state index contributed by atoms with van der Waals surface area (Å²) < 4.78 is 0.964. The zero-order chi connectivity index (χ0) is 13.8. The van der Waals surface area contributed by atoms with E-state index >= 15 is 0 Å². The van der Waals surface area contributed by atoms with Crippen molar-refractivity contribution in [1.82, 2.24) is 0 Å². The van der Waals surface area contributed by atoms with Gasteiger partial charge in [-0.15, -0.1) is 0 Å². The molecule has 2 aromatic rings. The quantitative estimate of drug-likeness (QED) is 0.461. The Labute approximate surface area is 118 Å². The van der Waals surface area contributed by atoms with Crippen LogP contribution in [0.5, 0.6) is 11.5 Å². The summed E-state index contributed by atoms with van der Waals surface area (Å²) in [5, 5.41) is 31.3. The molecule has 0 bridgehead atoms. The Morgan fingerprint density at radius 3 is 2.32 bits per heavy atom. The van der Waals surface area contributed by atoms with Crippen LogP contribution in [0.25, 0.3) is 0 Å². The molecule has 0 aliphatic heterocycles. The van der Waals surface area contributed by atoms with Crippen LogP contribution in [-0.4, -0.2) is 21.1 Å². The van der Waals surface area contributed by atoms with Crippen LogP contribution in [0.3, 0.4) is 0 Å². The largest absolute Gasteiger partial charge is 0.508 e. The first-order chi connectivity index (χ1) is 9.10. The molecule has 98 valence electrons. The van der Waals surface area contributed by atoms with Crippen molar-refractivity contribution in [2.75, 3.05) is 0 Å². The summed E-state index contributed by atoms with van der Waals surface area (Å²) in [7, 11) is 0. The van der Waals surface area contributed by atoms with Crippen LogP contribution in [0.15, 0.2) is 52.1 Å². The van der Waals surface area contributed by atoms with Crippen molar-refractivity contribution in [3.05, 3.63) is 58.1 Å². The van der Waals surface area contributed by atoms with Gasteiger partial charge in [-0.3, -0.25) is 0 Å². The Balaban J connectivity index is 2.28. The van der Waals surface area contributed by atoms with Crippen LogP contribution in [0.1, 0.15) is 11.1 Å². The summed E-state index contributed by atoms with van der Waals surface area (Å²) >= 11 is 3.35. The SMILES string of the molecule is O/N=C(\Cc1ccc(Br)cc1)c1ccc(O)cc1O. The second-order valence-corrected chi connectivity index (χ2v) is 4.97. The van der Waals surface area contributed by atoms with E-state index in [1.807, 2.05) is 24.3 Å². The highest BCUT2D eigenvalue weighted by Crippen LogP contribution is 2.24. The van der Waals surface area contributed by atoms with Crippen LogP contribution in [0.4, 0.5) is 0 Å². The molecular weight excluding hydrogens is 310 g/mol. The minimum Gasteiger partial charge on any atom is -0.508 e. The smallest absolute Gasteiger partial charge is 0.128 e. The average molecular weight is 322 g/mol. The highest BCUT2D eigenvalue weighted by molar-refractivity contribution is 9.10. The minimum absolute atomic E-state index is 0.0396. The van der Waals surface area contributed by atoms with Gasteiger partial charge in [0.05, 0.1) is 5.71 Å². The maximum Gasteiger partial charge on any atom is 0.128 e. The molecule has 2 aromatic carbocycles. The van der Waals surface area contributed by atoms with E-state index < -0.39 is 0 Å². The van der Waals surface area contributed by atoms with Gasteiger partial charge in [0, 0.05) is 22.5 Å². The summed E-state index contributed by atoms with van der Waals surface area (Å²) in [4.78, 5) is 0. The first-order valence-corrected chi connectivity index (χ1v) is 6.37. The van der Waals surface area contributed by atoms with E-state index in [2.05, 4.69) is 21.1 Å². The van der Waals surface area contributed by atoms with Gasteiger partial charge < -0.3 is 15.4 Å². The van der Waals surface area contributed by atoms with Gasteiger partial charge in [0.1, 0.15) is 11.5 Å². The lowest BCUT2D eigenvalue weighted by atomic mass is 10.0. The first kappa shape index (κ1) is 13.4. The number of phenols is 2. The lowest BCUT2D eigenvalue weighted by Crippen LogP contribution is -2.05. The van der Waals surface area contributed by atoms with Crippen LogP contribution < -0.4 is 0 Å². The van der Waals surface area contributed by atoms with Gasteiger partial charge in [-0.1, -0.05) is 33.2 Å². The predicted octanol–water partition coefficient (Wildman–Crippen LogP) is 3.28. The van der Waals surface area contributed by atoms with Gasteiger partial charge in [0.25, 0.3) is 0 Å². The maximum atomic E-state index is 9.76. The Morgan fingerprint density at radius 2 is 1.74 bits per heavy atom. The lowest BCUT2D eigenvalue weighted by Gasteiger charge is -2.07. The molecule has 0 aromatic heterocycles. The number of halogens is 1. The Morgan fingerprint density at radius 1 is 1.05 bits per heavy atom. The molecule has 2 rings (SSSR count). The van der Waals surface area contributed by atoms with Gasteiger partial charge >= 0.3 is 0 Å². The van der Waals surface area contributed by atoms with Crippen molar-refractivity contribution < 1.29 is 15.4 Å². The molecule has 0 aliphatic rings. The van der Waals surface area contributed by atoms with Gasteiger partial charge in [0.15, 0.2) is 0 Å². The van der Waals surface area contributed by atoms with Crippen molar-refractivity contribution in [3.63, 3.8) is 0 Å². The zero-order valence-electron chi connectivity index (χ0n) is 9.92. The molecule has 0 spiro atoms. The molecule has 5 heteroatoms. The number of nitrogens with zero attached hydrogens (tertiary/aromatic N) is 1. The molecular formula is C14H12BrNO3. The molecule has 19 heavy (non-hydrogen) atoms. The number of aromatic hydroxyl groups is 2. The third kappa shape index (κ3) is 3.26. The molecule has 0 saturated heterocycles. The van der Waals surface area contributed by atoms with Crippen molar-refractivity contribution in [3.8, 4) is 11.5 Å². The predicted molar refractivity (Wildman–Crippen MR) is 75.9 cm³/mol. The van der Waals surface area contributed by atoms with Crippen LogP contribution >= 0.6 is 15.9 Å². The number of phenolic OH excluding ortho intramolecular Hbond substituents is 2.